The highest BCUT2D eigenvalue weighted by atomic mass is 16.5. The van der Waals surface area contributed by atoms with Gasteiger partial charge in [-0.05, 0) is 156 Å². The minimum Gasteiger partial charge on any atom is -0.461 e. The number of ether oxygens (including phenoxy) is 1. The highest BCUT2D eigenvalue weighted by molar-refractivity contribution is 6.13. The third-order valence-electron chi connectivity index (χ3n) is 20.6. The Morgan fingerprint density at radius 3 is 1.64 bits per heavy atom. The smallest absolute Gasteiger partial charge is 0.302 e. The molecule has 3 saturated carbocycles. The third kappa shape index (κ3) is 1.79. The molecular formula is C51H36O2. The predicted molar refractivity (Wildman–Crippen MR) is 200 cm³/mol. The standard InChI is InChI=1S/C51H36O2/c1-16(52)53-49-45-23-4-2-3-5-24(23)46(49)51-28-15-14-27-25-12-10-21-19-8-6-17-18-7-9-20-22-11-13-26(28)36-34(22)39-32(20)30(18)37-29(17)31(19)38-33(21)35(25)47(50(27,45)51)43-41(38)40(37)42(39)44(43)48(36)51/h2-9,17-20,27-32,45-46,49H,10-15H2,1H3/t17?,18?,19?,20?,27?,28?,29?,30?,31?,32?,45-,46+,49?,50?,51?. The average Bonchev–Trinajstić information content (AvgIpc) is 4.03. The van der Waals surface area contributed by atoms with Gasteiger partial charge in [-0.1, -0.05) is 76.4 Å². The van der Waals surface area contributed by atoms with Gasteiger partial charge in [0.25, 0.3) is 0 Å². The van der Waals surface area contributed by atoms with Gasteiger partial charge in [-0.3, -0.25) is 4.79 Å². The summed E-state index contributed by atoms with van der Waals surface area (Å²) in [6, 6.07) is 9.57. The molecule has 17 aliphatic rings. The lowest BCUT2D eigenvalue weighted by Crippen LogP contribution is -2.63. The second-order valence-electron chi connectivity index (χ2n) is 20.7. The molecule has 15 atom stereocenters. The number of benzene rings is 3. The summed E-state index contributed by atoms with van der Waals surface area (Å²) < 4.78 is 6.91. The highest BCUT2D eigenvalue weighted by Gasteiger charge is 2.85. The van der Waals surface area contributed by atoms with Crippen LogP contribution in [0.15, 0.2) is 54.1 Å². The number of esters is 1. The summed E-state index contributed by atoms with van der Waals surface area (Å²) in [5, 5.41) is 7.12. The Kier molecular flexibility index (Phi) is 3.18. The van der Waals surface area contributed by atoms with Gasteiger partial charge in [0, 0.05) is 53.3 Å². The number of allylic oxidation sites excluding steroid dienone is 5. The first-order valence-electron chi connectivity index (χ1n) is 21.5. The molecule has 0 aromatic heterocycles. The molecule has 13 unspecified atom stereocenters. The minimum atomic E-state index is -0.0905. The lowest BCUT2D eigenvalue weighted by atomic mass is 9.38. The quantitative estimate of drug-likeness (QED) is 0.180. The van der Waals surface area contributed by atoms with Crippen LogP contribution in [0.5, 0.6) is 0 Å². The third-order valence-corrected chi connectivity index (χ3v) is 20.6. The van der Waals surface area contributed by atoms with Gasteiger partial charge in [0.2, 0.25) is 0 Å². The van der Waals surface area contributed by atoms with E-state index in [1.165, 1.54) is 49.7 Å². The van der Waals surface area contributed by atoms with Crippen LogP contribution in [0.2, 0.25) is 0 Å². The van der Waals surface area contributed by atoms with E-state index in [1.54, 1.807) is 55.6 Å². The van der Waals surface area contributed by atoms with Crippen LogP contribution in [0.1, 0.15) is 114 Å². The van der Waals surface area contributed by atoms with Crippen molar-refractivity contribution in [1.29, 1.82) is 0 Å². The van der Waals surface area contributed by atoms with E-state index in [1.807, 2.05) is 50.1 Å². The highest BCUT2D eigenvalue weighted by Crippen LogP contribution is 2.87. The second-order valence-corrected chi connectivity index (χ2v) is 20.7. The molecule has 0 amide bonds. The Balaban J connectivity index is 1.16. The first kappa shape index (κ1) is 25.0. The van der Waals surface area contributed by atoms with E-state index < -0.39 is 0 Å². The van der Waals surface area contributed by atoms with Gasteiger partial charge in [-0.15, -0.1) is 0 Å². The summed E-state index contributed by atoms with van der Waals surface area (Å²) in [6.45, 7) is 1.70. The van der Waals surface area contributed by atoms with Gasteiger partial charge in [0.05, 0.1) is 0 Å². The largest absolute Gasteiger partial charge is 0.461 e. The summed E-state index contributed by atoms with van der Waals surface area (Å²) in [7, 11) is 0. The van der Waals surface area contributed by atoms with Crippen LogP contribution < -0.4 is 20.9 Å². The molecule has 0 N–H and O–H groups in total. The second kappa shape index (κ2) is 6.73. The molecule has 0 heterocycles. The van der Waals surface area contributed by atoms with Crippen molar-refractivity contribution in [3.8, 4) is 11.1 Å². The van der Waals surface area contributed by atoms with Crippen molar-refractivity contribution >= 4 is 33.8 Å². The maximum atomic E-state index is 13.5. The fraction of sp³-hybridized carbons (Fsp3) is 0.431. The van der Waals surface area contributed by atoms with Gasteiger partial charge in [0.1, 0.15) is 6.10 Å². The first-order valence-corrected chi connectivity index (χ1v) is 21.5. The molecule has 3 aromatic rings. The van der Waals surface area contributed by atoms with Gasteiger partial charge < -0.3 is 4.74 Å². The van der Waals surface area contributed by atoms with Crippen molar-refractivity contribution in [2.24, 2.45) is 47.3 Å². The lowest BCUT2D eigenvalue weighted by Gasteiger charge is -2.63. The van der Waals surface area contributed by atoms with Crippen molar-refractivity contribution in [3.05, 3.63) is 120 Å². The van der Waals surface area contributed by atoms with Crippen molar-refractivity contribution in [2.75, 3.05) is 0 Å². The molecule has 0 saturated heterocycles. The van der Waals surface area contributed by atoms with E-state index in [9.17, 15) is 4.79 Å². The van der Waals surface area contributed by atoms with Crippen LogP contribution in [0.3, 0.4) is 0 Å². The zero-order chi connectivity index (χ0) is 33.2. The van der Waals surface area contributed by atoms with E-state index in [2.05, 4.69) is 48.6 Å². The van der Waals surface area contributed by atoms with Crippen LogP contribution in [-0.2, 0) is 20.4 Å². The monoisotopic (exact) mass is 680 g/mol. The molecule has 3 aromatic carbocycles. The molecule has 2 bridgehead atoms. The van der Waals surface area contributed by atoms with Crippen LogP contribution >= 0.6 is 0 Å². The van der Waals surface area contributed by atoms with Gasteiger partial charge >= 0.3 is 5.97 Å². The minimum absolute atomic E-state index is 0.0430. The number of fused-ring (bicyclic) bond motifs is 5. The first-order chi connectivity index (χ1) is 26.2. The average molecular weight is 681 g/mol. The van der Waals surface area contributed by atoms with Crippen LogP contribution in [-0.4, -0.2) is 12.1 Å². The molecule has 53 heavy (non-hydrogen) atoms. The molecule has 2 nitrogen and oxygen atoms in total. The number of carbonyl (C=O) groups is 1. The molecule has 20 rings (SSSR count). The fourth-order valence-corrected chi connectivity index (χ4v) is 20.8. The van der Waals surface area contributed by atoms with E-state index in [-0.39, 0.29) is 34.7 Å². The fourth-order valence-electron chi connectivity index (χ4n) is 20.8. The van der Waals surface area contributed by atoms with Crippen molar-refractivity contribution in [3.63, 3.8) is 0 Å². The van der Waals surface area contributed by atoms with Crippen LogP contribution in [0.4, 0.5) is 0 Å². The molecule has 2 spiro atoms. The SMILES string of the molecule is CC(=O)OC1[C@H]2c3ccccc3[C@@H]1C13c4c5c6c7c8c4=C4CCC=8C8C=CC9C%10C=CC%11C%12=c%13c%14c(c-5c5c%13=C(CC%12)C(CCC41)C523)C6=C(C%10C%14%11)C9C78. The van der Waals surface area contributed by atoms with E-state index in [0.29, 0.717) is 59.2 Å². The molecule has 2 heteroatoms. The van der Waals surface area contributed by atoms with Crippen molar-refractivity contribution < 1.29 is 9.53 Å². The normalized spacial score (nSPS) is 47.7. The Labute approximate surface area is 306 Å². The Morgan fingerprint density at radius 2 is 1.13 bits per heavy atom. The van der Waals surface area contributed by atoms with E-state index in [4.69, 9.17) is 4.74 Å². The summed E-state index contributed by atoms with van der Waals surface area (Å²) in [4.78, 5) is 13.5. The van der Waals surface area contributed by atoms with Crippen molar-refractivity contribution in [1.82, 2.24) is 0 Å². The van der Waals surface area contributed by atoms with Crippen molar-refractivity contribution in [2.45, 2.75) is 86.1 Å². The number of hydrogen-bond acceptors (Lipinski definition) is 2. The van der Waals surface area contributed by atoms with Crippen LogP contribution in [0, 0.1) is 47.3 Å². The molecule has 0 radical (unpaired) electrons. The van der Waals surface area contributed by atoms with Gasteiger partial charge in [-0.2, -0.15) is 0 Å². The molecule has 17 aliphatic carbocycles. The van der Waals surface area contributed by atoms with Crippen LogP contribution in [0.25, 0.3) is 39.0 Å². The maximum Gasteiger partial charge on any atom is 0.302 e. The summed E-state index contributed by atoms with van der Waals surface area (Å²) >= 11 is 0. The van der Waals surface area contributed by atoms with E-state index >= 15 is 0 Å². The Morgan fingerprint density at radius 1 is 0.623 bits per heavy atom. The molecule has 3 fully saturated rings. The summed E-state index contributed by atoms with van der Waals surface area (Å²) in [6.07, 6.45) is 18.6. The number of hydrogen-bond donors (Lipinski definition) is 0. The Hall–Kier alpha value is -4.17. The zero-order valence-electron chi connectivity index (χ0n) is 29.7. The molecule has 0 aliphatic heterocycles. The zero-order valence-corrected chi connectivity index (χ0v) is 29.7. The topological polar surface area (TPSA) is 26.3 Å². The van der Waals surface area contributed by atoms with Gasteiger partial charge in [0.15, 0.2) is 0 Å². The number of carbonyl (C=O) groups excluding carboxylic acids is 1. The molecule has 252 valence electrons. The summed E-state index contributed by atoms with van der Waals surface area (Å²) in [5.74, 6) is 6.55. The molecular weight excluding hydrogens is 645 g/mol. The van der Waals surface area contributed by atoms with Gasteiger partial charge in [-0.25, -0.2) is 0 Å². The number of rotatable bonds is 1. The Bertz CT molecular complexity index is 2930. The predicted octanol–water partition coefficient (Wildman–Crippen LogP) is 6.10. The van der Waals surface area contributed by atoms with E-state index in [0.717, 1.165) is 0 Å². The lowest BCUT2D eigenvalue weighted by molar-refractivity contribution is -0.147. The maximum absolute atomic E-state index is 13.5. The summed E-state index contributed by atoms with van der Waals surface area (Å²) in [5.41, 5.74) is 28.4.